The molecule has 0 aliphatic carbocycles. The van der Waals surface area contributed by atoms with Crippen LogP contribution < -0.4 is 15.0 Å². The molecule has 0 unspecified atom stereocenters. The molecule has 0 aromatic heterocycles. The third-order valence-electron chi connectivity index (χ3n) is 3.73. The summed E-state index contributed by atoms with van der Waals surface area (Å²) in [6.07, 6.45) is 0. The first kappa shape index (κ1) is 16.9. The fraction of sp³-hybridized carbons (Fsp3) is 0.316. The second-order valence-electron chi connectivity index (χ2n) is 5.32. The molecule has 1 amide bonds. The zero-order chi connectivity index (χ0) is 16.7. The van der Waals surface area contributed by atoms with E-state index in [0.29, 0.717) is 0 Å². The van der Waals surface area contributed by atoms with Crippen molar-refractivity contribution in [1.29, 1.82) is 0 Å². The highest BCUT2D eigenvalue weighted by Crippen LogP contribution is 2.18. The molecule has 23 heavy (non-hydrogen) atoms. The number of carbonyl (C=O) groups excluding carboxylic acids is 1. The van der Waals surface area contributed by atoms with Gasteiger partial charge in [-0.3, -0.25) is 4.79 Å². The molecule has 4 nitrogen and oxygen atoms in total. The number of hydrogen-bond acceptors (Lipinski definition) is 3. The lowest BCUT2D eigenvalue weighted by atomic mass is 10.2. The van der Waals surface area contributed by atoms with Crippen molar-refractivity contribution in [2.24, 2.45) is 0 Å². The molecule has 0 saturated heterocycles. The van der Waals surface area contributed by atoms with Crippen molar-refractivity contribution in [1.82, 2.24) is 0 Å². The summed E-state index contributed by atoms with van der Waals surface area (Å²) in [4.78, 5) is 14.2. The predicted molar refractivity (Wildman–Crippen MR) is 95.3 cm³/mol. The maximum atomic E-state index is 12.0. The summed E-state index contributed by atoms with van der Waals surface area (Å²) in [6, 6.07) is 15.5. The van der Waals surface area contributed by atoms with Crippen molar-refractivity contribution in [3.05, 3.63) is 54.1 Å². The van der Waals surface area contributed by atoms with E-state index in [1.54, 1.807) is 0 Å². The Hall–Kier alpha value is -2.49. The number of benzene rings is 2. The first-order valence-corrected chi connectivity index (χ1v) is 7.97. The van der Waals surface area contributed by atoms with E-state index in [4.69, 9.17) is 4.74 Å². The predicted octanol–water partition coefficient (Wildman–Crippen LogP) is 3.86. The van der Waals surface area contributed by atoms with Crippen LogP contribution in [0.25, 0.3) is 0 Å². The number of aryl methyl sites for hydroxylation is 1. The number of hydrogen-bond donors (Lipinski definition) is 1. The van der Waals surface area contributed by atoms with Crippen LogP contribution in [0, 0.1) is 6.92 Å². The van der Waals surface area contributed by atoms with E-state index < -0.39 is 0 Å². The first-order valence-electron chi connectivity index (χ1n) is 7.97. The van der Waals surface area contributed by atoms with E-state index in [-0.39, 0.29) is 12.5 Å². The summed E-state index contributed by atoms with van der Waals surface area (Å²) in [5.41, 5.74) is 2.95. The first-order chi connectivity index (χ1) is 11.1. The van der Waals surface area contributed by atoms with Crippen molar-refractivity contribution in [3.63, 3.8) is 0 Å². The Morgan fingerprint density at radius 1 is 1.04 bits per heavy atom. The highest BCUT2D eigenvalue weighted by Gasteiger charge is 2.06. The molecule has 2 aromatic carbocycles. The Labute approximate surface area is 138 Å². The second-order valence-corrected chi connectivity index (χ2v) is 5.32. The Kier molecular flexibility index (Phi) is 6.03. The summed E-state index contributed by atoms with van der Waals surface area (Å²) in [7, 11) is 0. The SMILES string of the molecule is CCN(CC)c1ccc(NC(=O)COc2ccccc2C)cc1. The van der Waals surface area contributed by atoms with Crippen LogP contribution in [0.15, 0.2) is 48.5 Å². The fourth-order valence-corrected chi connectivity index (χ4v) is 2.40. The third kappa shape index (κ3) is 4.74. The number of anilines is 2. The van der Waals surface area contributed by atoms with Gasteiger partial charge in [-0.2, -0.15) is 0 Å². The van der Waals surface area contributed by atoms with Crippen LogP contribution in [-0.4, -0.2) is 25.6 Å². The minimum Gasteiger partial charge on any atom is -0.483 e. The topological polar surface area (TPSA) is 41.6 Å². The molecule has 1 N–H and O–H groups in total. The van der Waals surface area contributed by atoms with Gasteiger partial charge in [0.05, 0.1) is 0 Å². The van der Waals surface area contributed by atoms with Gasteiger partial charge < -0.3 is 15.0 Å². The Morgan fingerprint density at radius 2 is 1.70 bits per heavy atom. The number of rotatable bonds is 7. The zero-order valence-corrected chi connectivity index (χ0v) is 14.0. The van der Waals surface area contributed by atoms with Crippen molar-refractivity contribution in [2.75, 3.05) is 29.9 Å². The molecule has 0 saturated carbocycles. The fourth-order valence-electron chi connectivity index (χ4n) is 2.40. The molecular weight excluding hydrogens is 288 g/mol. The maximum Gasteiger partial charge on any atom is 0.262 e. The van der Waals surface area contributed by atoms with Crippen molar-refractivity contribution in [2.45, 2.75) is 20.8 Å². The van der Waals surface area contributed by atoms with Gasteiger partial charge in [0, 0.05) is 24.5 Å². The molecule has 0 atom stereocenters. The molecule has 0 spiro atoms. The molecule has 0 aliphatic heterocycles. The Bertz CT molecular complexity index is 634. The van der Waals surface area contributed by atoms with E-state index in [1.807, 2.05) is 55.5 Å². The molecule has 2 rings (SSSR count). The van der Waals surface area contributed by atoms with Crippen LogP contribution in [0.1, 0.15) is 19.4 Å². The largest absolute Gasteiger partial charge is 0.483 e. The van der Waals surface area contributed by atoms with Crippen LogP contribution in [0.3, 0.4) is 0 Å². The summed E-state index contributed by atoms with van der Waals surface area (Å²) < 4.78 is 5.55. The van der Waals surface area contributed by atoms with Gasteiger partial charge in [0.15, 0.2) is 6.61 Å². The van der Waals surface area contributed by atoms with Crippen LogP contribution in [-0.2, 0) is 4.79 Å². The lowest BCUT2D eigenvalue weighted by Crippen LogP contribution is -2.22. The monoisotopic (exact) mass is 312 g/mol. The standard InChI is InChI=1S/C19H24N2O2/c1-4-21(5-2)17-12-10-16(11-13-17)20-19(22)14-23-18-9-7-6-8-15(18)3/h6-13H,4-5,14H2,1-3H3,(H,20,22). The van der Waals surface area contributed by atoms with Crippen LogP contribution >= 0.6 is 0 Å². The molecule has 4 heteroatoms. The van der Waals surface area contributed by atoms with E-state index in [9.17, 15) is 4.79 Å². The van der Waals surface area contributed by atoms with Gasteiger partial charge >= 0.3 is 0 Å². The average molecular weight is 312 g/mol. The van der Waals surface area contributed by atoms with E-state index in [0.717, 1.165) is 35.8 Å². The van der Waals surface area contributed by atoms with E-state index in [1.165, 1.54) is 0 Å². The number of carbonyl (C=O) groups is 1. The van der Waals surface area contributed by atoms with Crippen molar-refractivity contribution < 1.29 is 9.53 Å². The zero-order valence-electron chi connectivity index (χ0n) is 14.0. The van der Waals surface area contributed by atoms with Gasteiger partial charge in [-0.15, -0.1) is 0 Å². The minimum atomic E-state index is -0.163. The number of nitrogens with one attached hydrogen (secondary N) is 1. The molecule has 0 bridgehead atoms. The molecule has 0 aliphatic rings. The number of para-hydroxylation sites is 1. The average Bonchev–Trinajstić information content (AvgIpc) is 2.57. The Morgan fingerprint density at radius 3 is 2.30 bits per heavy atom. The van der Waals surface area contributed by atoms with E-state index >= 15 is 0 Å². The summed E-state index contributed by atoms with van der Waals surface area (Å²) in [5.74, 6) is 0.573. The molecular formula is C19H24N2O2. The van der Waals surface area contributed by atoms with Gasteiger partial charge in [0.25, 0.3) is 5.91 Å². The quantitative estimate of drug-likeness (QED) is 0.844. The number of nitrogens with zero attached hydrogens (tertiary/aromatic N) is 1. The lowest BCUT2D eigenvalue weighted by Gasteiger charge is -2.21. The number of amides is 1. The molecule has 0 fully saturated rings. The molecule has 0 heterocycles. The maximum absolute atomic E-state index is 12.0. The van der Waals surface area contributed by atoms with Gasteiger partial charge in [0.2, 0.25) is 0 Å². The minimum absolute atomic E-state index is 0.00263. The van der Waals surface area contributed by atoms with Crippen LogP contribution in [0.5, 0.6) is 5.75 Å². The molecule has 122 valence electrons. The highest BCUT2D eigenvalue weighted by atomic mass is 16.5. The van der Waals surface area contributed by atoms with Crippen molar-refractivity contribution in [3.8, 4) is 5.75 Å². The van der Waals surface area contributed by atoms with Crippen molar-refractivity contribution >= 4 is 17.3 Å². The van der Waals surface area contributed by atoms with Gasteiger partial charge in [-0.05, 0) is 56.7 Å². The van der Waals surface area contributed by atoms with Gasteiger partial charge in [-0.25, -0.2) is 0 Å². The Balaban J connectivity index is 1.89. The summed E-state index contributed by atoms with van der Waals surface area (Å²) in [5, 5.41) is 2.85. The lowest BCUT2D eigenvalue weighted by molar-refractivity contribution is -0.118. The second kappa shape index (κ2) is 8.22. The van der Waals surface area contributed by atoms with Crippen LogP contribution in [0.2, 0.25) is 0 Å². The molecule has 2 aromatic rings. The summed E-state index contributed by atoms with van der Waals surface area (Å²) in [6.45, 7) is 8.14. The van der Waals surface area contributed by atoms with Crippen LogP contribution in [0.4, 0.5) is 11.4 Å². The van der Waals surface area contributed by atoms with Gasteiger partial charge in [0.1, 0.15) is 5.75 Å². The summed E-state index contributed by atoms with van der Waals surface area (Å²) >= 11 is 0. The van der Waals surface area contributed by atoms with E-state index in [2.05, 4.69) is 24.1 Å². The normalized spacial score (nSPS) is 10.2. The van der Waals surface area contributed by atoms with Gasteiger partial charge in [-0.1, -0.05) is 18.2 Å². The highest BCUT2D eigenvalue weighted by molar-refractivity contribution is 5.92. The third-order valence-corrected chi connectivity index (χ3v) is 3.73. The number of ether oxygens (including phenoxy) is 1. The molecule has 0 radical (unpaired) electrons. The smallest absolute Gasteiger partial charge is 0.262 e.